The highest BCUT2D eigenvalue weighted by molar-refractivity contribution is 5.94. The zero-order chi connectivity index (χ0) is 17.4. The molecule has 1 saturated heterocycles. The fourth-order valence-corrected chi connectivity index (χ4v) is 2.90. The SMILES string of the molecule is CCCCC(=O)N1CCCN(C(=O)c2ccc(OCC)cc2)CC1. The van der Waals surface area contributed by atoms with Crippen molar-refractivity contribution < 1.29 is 14.3 Å². The lowest BCUT2D eigenvalue weighted by Crippen LogP contribution is -2.37. The van der Waals surface area contributed by atoms with Gasteiger partial charge in [-0.05, 0) is 44.0 Å². The Morgan fingerprint density at radius 1 is 1.00 bits per heavy atom. The number of rotatable bonds is 6. The molecule has 0 saturated carbocycles. The monoisotopic (exact) mass is 332 g/mol. The zero-order valence-electron chi connectivity index (χ0n) is 14.8. The molecule has 0 atom stereocenters. The molecule has 132 valence electrons. The van der Waals surface area contributed by atoms with Gasteiger partial charge in [-0.15, -0.1) is 0 Å². The molecule has 2 amide bonds. The lowest BCUT2D eigenvalue weighted by molar-refractivity contribution is -0.131. The van der Waals surface area contributed by atoms with Gasteiger partial charge in [-0.25, -0.2) is 0 Å². The van der Waals surface area contributed by atoms with Crippen molar-refractivity contribution in [2.45, 2.75) is 39.5 Å². The van der Waals surface area contributed by atoms with Gasteiger partial charge in [0.15, 0.2) is 0 Å². The molecular weight excluding hydrogens is 304 g/mol. The Labute approximate surface area is 144 Å². The summed E-state index contributed by atoms with van der Waals surface area (Å²) in [6.07, 6.45) is 3.41. The minimum atomic E-state index is 0.0286. The van der Waals surface area contributed by atoms with Crippen LogP contribution in [0.5, 0.6) is 5.75 Å². The quantitative estimate of drug-likeness (QED) is 0.805. The zero-order valence-corrected chi connectivity index (χ0v) is 14.8. The molecule has 5 heteroatoms. The maximum atomic E-state index is 12.7. The number of ether oxygens (including phenoxy) is 1. The lowest BCUT2D eigenvalue weighted by Gasteiger charge is -2.22. The van der Waals surface area contributed by atoms with Gasteiger partial charge in [-0.1, -0.05) is 13.3 Å². The van der Waals surface area contributed by atoms with E-state index < -0.39 is 0 Å². The van der Waals surface area contributed by atoms with Gasteiger partial charge >= 0.3 is 0 Å². The molecule has 1 aliphatic heterocycles. The van der Waals surface area contributed by atoms with E-state index in [1.807, 2.05) is 41.0 Å². The molecule has 0 bridgehead atoms. The Hall–Kier alpha value is -2.04. The minimum Gasteiger partial charge on any atom is -0.494 e. The van der Waals surface area contributed by atoms with Crippen molar-refractivity contribution in [2.75, 3.05) is 32.8 Å². The van der Waals surface area contributed by atoms with Crippen LogP contribution in [0.3, 0.4) is 0 Å². The van der Waals surface area contributed by atoms with Gasteiger partial charge in [0.2, 0.25) is 5.91 Å². The number of hydrogen-bond donors (Lipinski definition) is 0. The fraction of sp³-hybridized carbons (Fsp3) is 0.579. The third-order valence-corrected chi connectivity index (χ3v) is 4.29. The van der Waals surface area contributed by atoms with E-state index in [-0.39, 0.29) is 11.8 Å². The van der Waals surface area contributed by atoms with Crippen LogP contribution in [0, 0.1) is 0 Å². The van der Waals surface area contributed by atoms with Gasteiger partial charge in [-0.2, -0.15) is 0 Å². The Morgan fingerprint density at radius 2 is 1.67 bits per heavy atom. The largest absolute Gasteiger partial charge is 0.494 e. The third-order valence-electron chi connectivity index (χ3n) is 4.29. The smallest absolute Gasteiger partial charge is 0.253 e. The van der Waals surface area contributed by atoms with Gasteiger partial charge in [0.1, 0.15) is 5.75 Å². The molecule has 1 heterocycles. The van der Waals surface area contributed by atoms with E-state index in [0.717, 1.165) is 31.6 Å². The van der Waals surface area contributed by atoms with Crippen LogP contribution in [0.15, 0.2) is 24.3 Å². The van der Waals surface area contributed by atoms with Gasteiger partial charge in [0.05, 0.1) is 6.61 Å². The second-order valence-electron chi connectivity index (χ2n) is 6.09. The second-order valence-corrected chi connectivity index (χ2v) is 6.09. The lowest BCUT2D eigenvalue weighted by atomic mass is 10.2. The summed E-state index contributed by atoms with van der Waals surface area (Å²) >= 11 is 0. The standard InChI is InChI=1S/C19H28N2O3/c1-3-5-7-18(22)20-12-6-13-21(15-14-20)19(23)16-8-10-17(11-9-16)24-4-2/h8-11H,3-7,12-15H2,1-2H3. The van der Waals surface area contributed by atoms with Crippen LogP contribution in [-0.4, -0.2) is 54.4 Å². The molecule has 5 nitrogen and oxygen atoms in total. The van der Waals surface area contributed by atoms with Gasteiger partial charge in [0, 0.05) is 38.2 Å². The Morgan fingerprint density at radius 3 is 2.33 bits per heavy atom. The maximum Gasteiger partial charge on any atom is 0.253 e. The number of carbonyl (C=O) groups excluding carboxylic acids is 2. The Balaban J connectivity index is 1.92. The topological polar surface area (TPSA) is 49.9 Å². The molecule has 0 aromatic heterocycles. The van der Waals surface area contributed by atoms with Gasteiger partial charge < -0.3 is 14.5 Å². The summed E-state index contributed by atoms with van der Waals surface area (Å²) < 4.78 is 5.41. The van der Waals surface area contributed by atoms with Crippen molar-refractivity contribution in [3.63, 3.8) is 0 Å². The summed E-state index contributed by atoms with van der Waals surface area (Å²) in [5, 5.41) is 0. The van der Waals surface area contributed by atoms with Crippen molar-refractivity contribution in [3.8, 4) is 5.75 Å². The van der Waals surface area contributed by atoms with E-state index in [0.29, 0.717) is 38.2 Å². The molecule has 0 unspecified atom stereocenters. The van der Waals surface area contributed by atoms with E-state index >= 15 is 0 Å². The first-order valence-electron chi connectivity index (χ1n) is 8.95. The molecule has 0 aliphatic carbocycles. The highest BCUT2D eigenvalue weighted by atomic mass is 16.5. The Kier molecular flexibility index (Phi) is 7.09. The number of carbonyl (C=O) groups is 2. The average molecular weight is 332 g/mol. The molecule has 0 N–H and O–H groups in total. The summed E-state index contributed by atoms with van der Waals surface area (Å²) in [6, 6.07) is 7.27. The first-order valence-corrected chi connectivity index (χ1v) is 8.95. The Bertz CT molecular complexity index is 542. The number of nitrogens with zero attached hydrogens (tertiary/aromatic N) is 2. The van der Waals surface area contributed by atoms with Crippen LogP contribution < -0.4 is 4.74 Å². The predicted octanol–water partition coefficient (Wildman–Crippen LogP) is 2.95. The van der Waals surface area contributed by atoms with Crippen LogP contribution in [0.1, 0.15) is 49.9 Å². The number of unbranched alkanes of at least 4 members (excludes halogenated alkanes) is 1. The maximum absolute atomic E-state index is 12.7. The van der Waals surface area contributed by atoms with Crippen LogP contribution in [0.25, 0.3) is 0 Å². The summed E-state index contributed by atoms with van der Waals surface area (Å²) in [6.45, 7) is 7.31. The highest BCUT2D eigenvalue weighted by Crippen LogP contribution is 2.15. The molecule has 0 spiro atoms. The van der Waals surface area contributed by atoms with Crippen LogP contribution in [-0.2, 0) is 4.79 Å². The van der Waals surface area contributed by atoms with Gasteiger partial charge in [0.25, 0.3) is 5.91 Å². The van der Waals surface area contributed by atoms with Crippen LogP contribution in [0.2, 0.25) is 0 Å². The molecule has 1 fully saturated rings. The molecule has 1 aromatic carbocycles. The number of hydrogen-bond acceptors (Lipinski definition) is 3. The second kappa shape index (κ2) is 9.30. The third kappa shape index (κ3) is 4.98. The molecule has 0 radical (unpaired) electrons. The highest BCUT2D eigenvalue weighted by Gasteiger charge is 2.22. The number of benzene rings is 1. The summed E-state index contributed by atoms with van der Waals surface area (Å²) in [7, 11) is 0. The summed E-state index contributed by atoms with van der Waals surface area (Å²) in [4.78, 5) is 28.6. The average Bonchev–Trinajstić information content (AvgIpc) is 2.86. The first-order chi connectivity index (χ1) is 11.7. The van der Waals surface area contributed by atoms with Crippen LogP contribution in [0.4, 0.5) is 0 Å². The van der Waals surface area contributed by atoms with E-state index in [1.165, 1.54) is 0 Å². The van der Waals surface area contributed by atoms with E-state index in [1.54, 1.807) is 0 Å². The van der Waals surface area contributed by atoms with Crippen molar-refractivity contribution in [2.24, 2.45) is 0 Å². The molecule has 2 rings (SSSR count). The molecule has 1 aromatic rings. The van der Waals surface area contributed by atoms with E-state index in [9.17, 15) is 9.59 Å². The van der Waals surface area contributed by atoms with Crippen molar-refractivity contribution in [1.29, 1.82) is 0 Å². The van der Waals surface area contributed by atoms with Crippen molar-refractivity contribution in [3.05, 3.63) is 29.8 Å². The van der Waals surface area contributed by atoms with Gasteiger partial charge in [-0.3, -0.25) is 9.59 Å². The summed E-state index contributed by atoms with van der Waals surface area (Å²) in [5.41, 5.74) is 0.671. The normalized spacial score (nSPS) is 15.1. The predicted molar refractivity (Wildman–Crippen MR) is 94.2 cm³/mol. The van der Waals surface area contributed by atoms with Crippen molar-refractivity contribution >= 4 is 11.8 Å². The first kappa shape index (κ1) is 18.3. The van der Waals surface area contributed by atoms with E-state index in [4.69, 9.17) is 4.74 Å². The van der Waals surface area contributed by atoms with E-state index in [2.05, 4.69) is 6.92 Å². The molecular formula is C19H28N2O3. The number of amides is 2. The molecule has 24 heavy (non-hydrogen) atoms. The fourth-order valence-electron chi connectivity index (χ4n) is 2.90. The minimum absolute atomic E-state index is 0.0286. The van der Waals surface area contributed by atoms with Crippen LogP contribution >= 0.6 is 0 Å². The molecule has 1 aliphatic rings. The summed E-state index contributed by atoms with van der Waals surface area (Å²) in [5.74, 6) is 1.02. The van der Waals surface area contributed by atoms with Crippen molar-refractivity contribution in [1.82, 2.24) is 9.80 Å².